The molecule has 0 spiro atoms. The van der Waals surface area contributed by atoms with Crippen LogP contribution in [-0.4, -0.2) is 43.1 Å². The van der Waals surface area contributed by atoms with Gasteiger partial charge in [0.1, 0.15) is 0 Å². The molecule has 0 aliphatic heterocycles. The number of hydrogen-bond acceptors (Lipinski definition) is 4. The Hall–Kier alpha value is -3.34. The number of aromatic nitrogens is 1. The van der Waals surface area contributed by atoms with E-state index in [1.165, 1.54) is 12.8 Å². The fraction of sp³-hybridized carbons (Fsp3) is 0.333. The Labute approximate surface area is 190 Å². The molecular weight excluding hydrogens is 400 g/mol. The third-order valence-corrected chi connectivity index (χ3v) is 5.91. The maximum atomic E-state index is 13.7. The van der Waals surface area contributed by atoms with Crippen molar-refractivity contribution in [1.29, 1.82) is 0 Å². The Morgan fingerprint density at radius 1 is 1.03 bits per heavy atom. The molecule has 0 bridgehead atoms. The predicted molar refractivity (Wildman–Crippen MR) is 126 cm³/mol. The van der Waals surface area contributed by atoms with Crippen LogP contribution in [-0.2, 0) is 6.42 Å². The molecule has 0 unspecified atom stereocenters. The van der Waals surface area contributed by atoms with Gasteiger partial charge in [0.15, 0.2) is 11.5 Å². The van der Waals surface area contributed by atoms with E-state index < -0.39 is 0 Å². The molecule has 166 valence electrons. The van der Waals surface area contributed by atoms with E-state index in [4.69, 9.17) is 9.47 Å². The number of ether oxygens (including phenoxy) is 2. The fourth-order valence-electron chi connectivity index (χ4n) is 3.96. The SMILES string of the molecule is COc1ccc(CCN(CC2CC2)C(=O)c2cccnc2-c2cccc(C)c2)cc1OC. The summed E-state index contributed by atoms with van der Waals surface area (Å²) in [6, 6.07) is 17.8. The molecule has 0 radical (unpaired) electrons. The average molecular weight is 431 g/mol. The first-order chi connectivity index (χ1) is 15.6. The van der Waals surface area contributed by atoms with Crippen LogP contribution < -0.4 is 9.47 Å². The number of methoxy groups -OCH3 is 2. The van der Waals surface area contributed by atoms with Crippen LogP contribution in [0, 0.1) is 12.8 Å². The van der Waals surface area contributed by atoms with Gasteiger partial charge in [0.25, 0.3) is 5.91 Å². The van der Waals surface area contributed by atoms with Crippen molar-refractivity contribution in [2.24, 2.45) is 5.92 Å². The first-order valence-electron chi connectivity index (χ1n) is 11.1. The Morgan fingerprint density at radius 2 is 1.84 bits per heavy atom. The second-order valence-corrected chi connectivity index (χ2v) is 8.40. The molecule has 1 aliphatic carbocycles. The normalized spacial score (nSPS) is 13.0. The smallest absolute Gasteiger partial charge is 0.256 e. The summed E-state index contributed by atoms with van der Waals surface area (Å²) in [6.07, 6.45) is 4.89. The largest absolute Gasteiger partial charge is 0.493 e. The van der Waals surface area contributed by atoms with Gasteiger partial charge in [-0.15, -0.1) is 0 Å². The molecule has 1 aliphatic rings. The molecular formula is C27H30N2O3. The number of carbonyl (C=O) groups is 1. The van der Waals surface area contributed by atoms with Crippen LogP contribution in [0.4, 0.5) is 0 Å². The van der Waals surface area contributed by atoms with Gasteiger partial charge in [0, 0.05) is 24.8 Å². The van der Waals surface area contributed by atoms with Gasteiger partial charge < -0.3 is 14.4 Å². The third-order valence-electron chi connectivity index (χ3n) is 5.91. The molecule has 1 aromatic heterocycles. The van der Waals surface area contributed by atoms with Gasteiger partial charge >= 0.3 is 0 Å². The van der Waals surface area contributed by atoms with Gasteiger partial charge in [-0.05, 0) is 68.0 Å². The number of carbonyl (C=O) groups excluding carboxylic acids is 1. The summed E-state index contributed by atoms with van der Waals surface area (Å²) in [4.78, 5) is 20.2. The molecule has 1 fully saturated rings. The van der Waals surface area contributed by atoms with Crippen LogP contribution in [0.15, 0.2) is 60.8 Å². The van der Waals surface area contributed by atoms with Gasteiger partial charge in [-0.2, -0.15) is 0 Å². The summed E-state index contributed by atoms with van der Waals surface area (Å²) >= 11 is 0. The van der Waals surface area contributed by atoms with Crippen LogP contribution in [0.25, 0.3) is 11.3 Å². The highest BCUT2D eigenvalue weighted by molar-refractivity contribution is 6.00. The monoisotopic (exact) mass is 430 g/mol. The molecule has 5 nitrogen and oxygen atoms in total. The number of nitrogens with zero attached hydrogens (tertiary/aromatic N) is 2. The van der Waals surface area contributed by atoms with Crippen LogP contribution >= 0.6 is 0 Å². The highest BCUT2D eigenvalue weighted by atomic mass is 16.5. The topological polar surface area (TPSA) is 51.7 Å². The Balaban J connectivity index is 1.57. The van der Waals surface area contributed by atoms with Crippen molar-refractivity contribution < 1.29 is 14.3 Å². The van der Waals surface area contributed by atoms with Crippen LogP contribution in [0.1, 0.15) is 34.3 Å². The predicted octanol–water partition coefficient (Wildman–Crippen LogP) is 5.17. The maximum Gasteiger partial charge on any atom is 0.256 e. The van der Waals surface area contributed by atoms with Crippen LogP contribution in [0.5, 0.6) is 11.5 Å². The van der Waals surface area contributed by atoms with Gasteiger partial charge in [0.2, 0.25) is 0 Å². The van der Waals surface area contributed by atoms with Gasteiger partial charge in [-0.25, -0.2) is 0 Å². The fourth-order valence-corrected chi connectivity index (χ4v) is 3.96. The zero-order valence-corrected chi connectivity index (χ0v) is 19.0. The summed E-state index contributed by atoms with van der Waals surface area (Å²) in [7, 11) is 3.27. The highest BCUT2D eigenvalue weighted by Crippen LogP contribution is 2.32. The number of pyridine rings is 1. The lowest BCUT2D eigenvalue weighted by Crippen LogP contribution is -2.35. The molecule has 0 saturated heterocycles. The first kappa shape index (κ1) is 21.9. The standard InChI is InChI=1S/C27H30N2O3/c1-19-6-4-7-22(16-19)26-23(8-5-14-28-26)27(30)29(18-21-9-10-21)15-13-20-11-12-24(31-2)25(17-20)32-3/h4-8,11-12,14,16-17,21H,9-10,13,15,18H2,1-3H3. The number of aryl methyl sites for hydroxylation is 1. The van der Waals surface area contributed by atoms with Crippen LogP contribution in [0.2, 0.25) is 0 Å². The summed E-state index contributed by atoms with van der Waals surface area (Å²) < 4.78 is 10.8. The molecule has 0 atom stereocenters. The van der Waals surface area contributed by atoms with Crippen molar-refractivity contribution in [2.75, 3.05) is 27.3 Å². The number of benzene rings is 2. The summed E-state index contributed by atoms with van der Waals surface area (Å²) in [5, 5.41) is 0. The van der Waals surface area contributed by atoms with Crippen molar-refractivity contribution in [3.8, 4) is 22.8 Å². The zero-order chi connectivity index (χ0) is 22.5. The summed E-state index contributed by atoms with van der Waals surface area (Å²) in [5.74, 6) is 2.06. The average Bonchev–Trinajstić information content (AvgIpc) is 3.65. The zero-order valence-electron chi connectivity index (χ0n) is 19.0. The first-order valence-corrected chi connectivity index (χ1v) is 11.1. The molecule has 32 heavy (non-hydrogen) atoms. The Bertz CT molecular complexity index is 1090. The van der Waals surface area contributed by atoms with Gasteiger partial charge in [0.05, 0.1) is 25.5 Å². The van der Waals surface area contributed by atoms with Crippen molar-refractivity contribution in [2.45, 2.75) is 26.2 Å². The van der Waals surface area contributed by atoms with E-state index in [1.807, 2.05) is 47.4 Å². The summed E-state index contributed by atoms with van der Waals surface area (Å²) in [5.41, 5.74) is 4.63. The molecule has 1 amide bonds. The van der Waals surface area contributed by atoms with E-state index in [0.717, 1.165) is 35.3 Å². The minimum absolute atomic E-state index is 0.0435. The van der Waals surface area contributed by atoms with Crippen molar-refractivity contribution in [1.82, 2.24) is 9.88 Å². The molecule has 1 heterocycles. The number of amides is 1. The molecule has 5 heteroatoms. The molecule has 4 rings (SSSR count). The quantitative estimate of drug-likeness (QED) is 0.470. The lowest BCUT2D eigenvalue weighted by molar-refractivity contribution is 0.0750. The molecule has 3 aromatic rings. The minimum Gasteiger partial charge on any atom is -0.493 e. The van der Waals surface area contributed by atoms with E-state index >= 15 is 0 Å². The van der Waals surface area contributed by atoms with Crippen molar-refractivity contribution in [3.05, 3.63) is 77.5 Å². The van der Waals surface area contributed by atoms with Crippen molar-refractivity contribution in [3.63, 3.8) is 0 Å². The molecule has 0 N–H and O–H groups in total. The third kappa shape index (κ3) is 5.10. The lowest BCUT2D eigenvalue weighted by atomic mass is 10.0. The van der Waals surface area contributed by atoms with Gasteiger partial charge in [-0.1, -0.05) is 29.8 Å². The second kappa shape index (κ2) is 9.86. The summed E-state index contributed by atoms with van der Waals surface area (Å²) in [6.45, 7) is 3.48. The van der Waals surface area contributed by atoms with Gasteiger partial charge in [-0.3, -0.25) is 9.78 Å². The van der Waals surface area contributed by atoms with E-state index in [9.17, 15) is 4.79 Å². The van der Waals surface area contributed by atoms with E-state index in [-0.39, 0.29) is 5.91 Å². The van der Waals surface area contributed by atoms with E-state index in [1.54, 1.807) is 20.4 Å². The van der Waals surface area contributed by atoms with E-state index in [0.29, 0.717) is 29.5 Å². The van der Waals surface area contributed by atoms with Crippen LogP contribution in [0.3, 0.4) is 0 Å². The molecule has 2 aromatic carbocycles. The maximum absolute atomic E-state index is 13.7. The number of rotatable bonds is 9. The second-order valence-electron chi connectivity index (χ2n) is 8.40. The minimum atomic E-state index is 0.0435. The van der Waals surface area contributed by atoms with Crippen molar-refractivity contribution >= 4 is 5.91 Å². The Kier molecular flexibility index (Phi) is 6.74. The Morgan fingerprint density at radius 3 is 2.56 bits per heavy atom. The lowest BCUT2D eigenvalue weighted by Gasteiger charge is -2.24. The molecule has 1 saturated carbocycles. The highest BCUT2D eigenvalue weighted by Gasteiger charge is 2.28. The van der Waals surface area contributed by atoms with E-state index in [2.05, 4.69) is 24.0 Å². The number of hydrogen-bond donors (Lipinski definition) is 0.